The summed E-state index contributed by atoms with van der Waals surface area (Å²) in [6.07, 6.45) is 5.40. The van der Waals surface area contributed by atoms with E-state index in [0.29, 0.717) is 11.2 Å². The summed E-state index contributed by atoms with van der Waals surface area (Å²) in [5.41, 5.74) is 0.382. The number of carbonyl (C=O) groups excluding carboxylic acids is 1. The Balaban J connectivity index is 1.93. The average molecular weight is 154 g/mol. The maximum atomic E-state index is 10.9. The summed E-state index contributed by atoms with van der Waals surface area (Å²) in [5, 5.41) is 9.15. The summed E-state index contributed by atoms with van der Waals surface area (Å²) < 4.78 is 0. The van der Waals surface area contributed by atoms with Gasteiger partial charge < -0.3 is 5.11 Å². The molecule has 0 atom stereocenters. The van der Waals surface area contributed by atoms with Crippen LogP contribution in [0.5, 0.6) is 0 Å². The number of Topliss-reactive ketones (excluding diaryl/α,β-unsaturated/α-hetero) is 1. The van der Waals surface area contributed by atoms with E-state index in [9.17, 15) is 4.79 Å². The van der Waals surface area contributed by atoms with Crippen LogP contribution in [0, 0.1) is 5.41 Å². The van der Waals surface area contributed by atoms with Crippen molar-refractivity contribution in [3.63, 3.8) is 0 Å². The monoisotopic (exact) mass is 154 g/mol. The van der Waals surface area contributed by atoms with Gasteiger partial charge in [-0.3, -0.25) is 4.79 Å². The van der Waals surface area contributed by atoms with Gasteiger partial charge in [0.15, 0.2) is 0 Å². The molecule has 0 amide bonds. The second kappa shape index (κ2) is 2.31. The van der Waals surface area contributed by atoms with Gasteiger partial charge >= 0.3 is 0 Å². The third kappa shape index (κ3) is 1.20. The first-order valence-corrected chi connectivity index (χ1v) is 4.40. The predicted molar refractivity (Wildman–Crippen MR) is 41.1 cm³/mol. The molecule has 62 valence electrons. The fourth-order valence-electron chi connectivity index (χ4n) is 2.41. The first-order valence-electron chi connectivity index (χ1n) is 4.40. The fraction of sp³-hybridized carbons (Fsp3) is 0.889. The molecule has 2 nitrogen and oxygen atoms in total. The third-order valence-electron chi connectivity index (χ3n) is 3.21. The van der Waals surface area contributed by atoms with Crippen LogP contribution in [0.1, 0.15) is 38.5 Å². The van der Waals surface area contributed by atoms with Crippen LogP contribution in [0.2, 0.25) is 0 Å². The van der Waals surface area contributed by atoms with Crippen molar-refractivity contribution in [3.8, 4) is 0 Å². The molecule has 0 heterocycles. The second-order valence-corrected chi connectivity index (χ2v) is 4.10. The molecule has 0 saturated heterocycles. The van der Waals surface area contributed by atoms with Crippen molar-refractivity contribution in [1.82, 2.24) is 0 Å². The maximum Gasteiger partial charge on any atom is 0.132 e. The molecule has 0 aromatic rings. The molecule has 0 unspecified atom stereocenters. The van der Waals surface area contributed by atoms with E-state index in [1.165, 1.54) is 0 Å². The third-order valence-corrected chi connectivity index (χ3v) is 3.21. The molecule has 2 fully saturated rings. The van der Waals surface area contributed by atoms with E-state index in [0.717, 1.165) is 38.5 Å². The minimum absolute atomic E-state index is 0.0665. The van der Waals surface area contributed by atoms with E-state index in [4.69, 9.17) is 5.11 Å². The first kappa shape index (κ1) is 7.29. The maximum absolute atomic E-state index is 10.9. The van der Waals surface area contributed by atoms with Gasteiger partial charge in [-0.15, -0.1) is 0 Å². The van der Waals surface area contributed by atoms with Gasteiger partial charge in [-0.1, -0.05) is 0 Å². The quantitative estimate of drug-likeness (QED) is 0.570. The normalized spacial score (nSPS) is 30.5. The summed E-state index contributed by atoms with van der Waals surface area (Å²) in [6.45, 7) is 0. The fourth-order valence-corrected chi connectivity index (χ4v) is 2.41. The molecule has 0 radical (unpaired) electrons. The van der Waals surface area contributed by atoms with Crippen molar-refractivity contribution in [2.24, 2.45) is 5.41 Å². The van der Waals surface area contributed by atoms with Crippen LogP contribution < -0.4 is 0 Å². The lowest BCUT2D eigenvalue weighted by Crippen LogP contribution is -2.43. The Bertz CT molecular complexity index is 168. The summed E-state index contributed by atoms with van der Waals surface area (Å²) in [6, 6.07) is 0. The molecule has 11 heavy (non-hydrogen) atoms. The molecule has 0 aromatic carbocycles. The molecule has 1 N–H and O–H groups in total. The minimum Gasteiger partial charge on any atom is -0.393 e. The topological polar surface area (TPSA) is 37.3 Å². The van der Waals surface area contributed by atoms with Gasteiger partial charge in [0.05, 0.1) is 6.10 Å². The zero-order valence-electron chi connectivity index (χ0n) is 6.68. The Morgan fingerprint density at radius 2 is 1.82 bits per heavy atom. The van der Waals surface area contributed by atoms with E-state index in [1.54, 1.807) is 0 Å². The van der Waals surface area contributed by atoms with Gasteiger partial charge in [-0.25, -0.2) is 0 Å². The molecule has 2 saturated carbocycles. The van der Waals surface area contributed by atoms with E-state index in [2.05, 4.69) is 0 Å². The van der Waals surface area contributed by atoms with Gasteiger partial charge in [0, 0.05) is 12.8 Å². The number of aliphatic hydroxyl groups excluding tert-OH is 1. The Kier molecular flexibility index (Phi) is 1.53. The zero-order chi connectivity index (χ0) is 7.90. The molecule has 0 bridgehead atoms. The van der Waals surface area contributed by atoms with Crippen molar-refractivity contribution in [3.05, 3.63) is 0 Å². The highest BCUT2D eigenvalue weighted by molar-refractivity contribution is 5.79. The van der Waals surface area contributed by atoms with Gasteiger partial charge in [0.1, 0.15) is 5.78 Å². The largest absolute Gasteiger partial charge is 0.393 e. The highest BCUT2D eigenvalue weighted by atomic mass is 16.3. The van der Waals surface area contributed by atoms with Crippen molar-refractivity contribution in [1.29, 1.82) is 0 Å². The SMILES string of the molecule is O=C1CCC2(CC1)CC(O)C2. The van der Waals surface area contributed by atoms with Crippen LogP contribution in [0.4, 0.5) is 0 Å². The van der Waals surface area contributed by atoms with Crippen LogP contribution in [0.15, 0.2) is 0 Å². The number of aliphatic hydroxyl groups is 1. The standard InChI is InChI=1S/C9H14O2/c10-7-1-3-9(4-2-7)5-8(11)6-9/h8,11H,1-6H2. The van der Waals surface area contributed by atoms with E-state index in [1.807, 2.05) is 0 Å². The molecule has 0 aliphatic heterocycles. The smallest absolute Gasteiger partial charge is 0.132 e. The van der Waals surface area contributed by atoms with E-state index < -0.39 is 0 Å². The molecule has 2 rings (SSSR count). The summed E-state index contributed by atoms with van der Waals surface area (Å²) >= 11 is 0. The zero-order valence-corrected chi connectivity index (χ0v) is 6.68. The van der Waals surface area contributed by atoms with Crippen LogP contribution in [-0.4, -0.2) is 17.0 Å². The number of carbonyl (C=O) groups is 1. The summed E-state index contributed by atoms with van der Waals surface area (Å²) in [5.74, 6) is 0.414. The van der Waals surface area contributed by atoms with Gasteiger partial charge in [0.25, 0.3) is 0 Å². The lowest BCUT2D eigenvalue weighted by atomic mass is 9.59. The van der Waals surface area contributed by atoms with Crippen LogP contribution in [0.25, 0.3) is 0 Å². The van der Waals surface area contributed by atoms with Crippen molar-refractivity contribution < 1.29 is 9.90 Å². The Morgan fingerprint density at radius 3 is 2.27 bits per heavy atom. The Morgan fingerprint density at radius 1 is 1.27 bits per heavy atom. The summed E-state index contributed by atoms with van der Waals surface area (Å²) in [7, 11) is 0. The molecule has 1 spiro atoms. The Hall–Kier alpha value is -0.370. The average Bonchev–Trinajstić information content (AvgIpc) is 1.92. The van der Waals surface area contributed by atoms with Crippen molar-refractivity contribution in [2.45, 2.75) is 44.6 Å². The predicted octanol–water partition coefficient (Wildman–Crippen LogP) is 1.27. The van der Waals surface area contributed by atoms with Gasteiger partial charge in [-0.2, -0.15) is 0 Å². The highest BCUT2D eigenvalue weighted by Crippen LogP contribution is 2.50. The van der Waals surface area contributed by atoms with E-state index in [-0.39, 0.29) is 6.10 Å². The van der Waals surface area contributed by atoms with Crippen molar-refractivity contribution in [2.75, 3.05) is 0 Å². The molecule has 2 heteroatoms. The summed E-state index contributed by atoms with van der Waals surface area (Å²) in [4.78, 5) is 10.9. The van der Waals surface area contributed by atoms with Crippen LogP contribution in [-0.2, 0) is 4.79 Å². The van der Waals surface area contributed by atoms with Crippen LogP contribution in [0.3, 0.4) is 0 Å². The van der Waals surface area contributed by atoms with E-state index >= 15 is 0 Å². The van der Waals surface area contributed by atoms with Gasteiger partial charge in [0.2, 0.25) is 0 Å². The van der Waals surface area contributed by atoms with Gasteiger partial charge in [-0.05, 0) is 31.1 Å². The van der Waals surface area contributed by atoms with Crippen molar-refractivity contribution >= 4 is 5.78 Å². The molecular formula is C9H14O2. The first-order chi connectivity index (χ1) is 5.20. The molecule has 0 aromatic heterocycles. The minimum atomic E-state index is -0.0665. The molecule has 2 aliphatic carbocycles. The molecular weight excluding hydrogens is 140 g/mol. The van der Waals surface area contributed by atoms with Crippen LogP contribution >= 0.6 is 0 Å². The highest BCUT2D eigenvalue weighted by Gasteiger charge is 2.44. The number of ketones is 1. The lowest BCUT2D eigenvalue weighted by molar-refractivity contribution is -0.127. The number of hydrogen-bond donors (Lipinski definition) is 1. The second-order valence-electron chi connectivity index (χ2n) is 4.10. The Labute approximate surface area is 66.6 Å². The number of hydrogen-bond acceptors (Lipinski definition) is 2. The number of rotatable bonds is 0. The molecule has 2 aliphatic rings. The lowest BCUT2D eigenvalue weighted by Gasteiger charge is -2.47.